The van der Waals surface area contributed by atoms with E-state index in [1.54, 1.807) is 13.0 Å². The Balaban J connectivity index is 1.45. The largest absolute Gasteiger partial charge is 0.451 e. The van der Waals surface area contributed by atoms with E-state index >= 15 is 0 Å². The first-order valence-corrected chi connectivity index (χ1v) is 11.7. The third-order valence-corrected chi connectivity index (χ3v) is 10.7. The third-order valence-electron chi connectivity index (χ3n) is 10.2. The van der Waals surface area contributed by atoms with Crippen molar-refractivity contribution in [3.63, 3.8) is 0 Å². The molecule has 30 heavy (non-hydrogen) atoms. The molecule has 1 saturated heterocycles. The zero-order valence-corrected chi connectivity index (χ0v) is 18.8. The maximum Gasteiger partial charge on any atom is 0.303 e. The van der Waals surface area contributed by atoms with Gasteiger partial charge in [0.25, 0.3) is 0 Å². The normalized spacial score (nSPS) is 57.1. The van der Waals surface area contributed by atoms with Crippen molar-refractivity contribution in [2.45, 2.75) is 76.6 Å². The minimum Gasteiger partial charge on any atom is -0.451 e. The number of hydrogen-bond acceptors (Lipinski definition) is 5. The van der Waals surface area contributed by atoms with Gasteiger partial charge in [-0.05, 0) is 79.8 Å². The van der Waals surface area contributed by atoms with Gasteiger partial charge in [-0.1, -0.05) is 25.4 Å². The van der Waals surface area contributed by atoms with E-state index in [9.17, 15) is 14.4 Å². The Morgan fingerprint density at radius 3 is 2.50 bits per heavy atom. The van der Waals surface area contributed by atoms with Crippen LogP contribution >= 0.6 is 11.6 Å². The lowest BCUT2D eigenvalue weighted by atomic mass is 9.45. The summed E-state index contributed by atoms with van der Waals surface area (Å²) in [6.07, 6.45) is 5.80. The molecule has 0 radical (unpaired) electrons. The Hall–Kier alpha value is -1.20. The van der Waals surface area contributed by atoms with Crippen LogP contribution in [0.4, 0.5) is 0 Å². The van der Waals surface area contributed by atoms with Gasteiger partial charge in [-0.25, -0.2) is 0 Å². The topological polar surface area (TPSA) is 73.0 Å². The highest BCUT2D eigenvalue weighted by Crippen LogP contribution is 2.78. The number of alkyl halides is 1. The summed E-state index contributed by atoms with van der Waals surface area (Å²) < 4.78 is 12.0. The number of ether oxygens (including phenoxy) is 2. The van der Waals surface area contributed by atoms with Gasteiger partial charge in [0.2, 0.25) is 0 Å². The van der Waals surface area contributed by atoms with E-state index in [-0.39, 0.29) is 40.8 Å². The van der Waals surface area contributed by atoms with E-state index in [0.717, 1.165) is 31.3 Å². The Morgan fingerprint density at radius 1 is 1.13 bits per heavy atom. The van der Waals surface area contributed by atoms with Gasteiger partial charge in [0.15, 0.2) is 22.2 Å². The highest BCUT2D eigenvalue weighted by Gasteiger charge is 2.80. The lowest BCUT2D eigenvalue weighted by Crippen LogP contribution is -2.61. The minimum absolute atomic E-state index is 0.0527. The summed E-state index contributed by atoms with van der Waals surface area (Å²) in [5.74, 6) is 1.07. The van der Waals surface area contributed by atoms with Crippen molar-refractivity contribution in [3.05, 3.63) is 11.6 Å². The molecule has 6 rings (SSSR count). The van der Waals surface area contributed by atoms with Crippen LogP contribution < -0.4 is 0 Å². The number of epoxide rings is 1. The zero-order valence-electron chi connectivity index (χ0n) is 18.0. The van der Waals surface area contributed by atoms with Crippen LogP contribution in [0, 0.1) is 40.4 Å². The van der Waals surface area contributed by atoms with Gasteiger partial charge >= 0.3 is 5.97 Å². The van der Waals surface area contributed by atoms with Gasteiger partial charge in [0, 0.05) is 18.3 Å². The van der Waals surface area contributed by atoms with Crippen LogP contribution in [0.3, 0.4) is 0 Å². The number of esters is 1. The monoisotopic (exact) mass is 432 g/mol. The van der Waals surface area contributed by atoms with Crippen molar-refractivity contribution in [2.75, 3.05) is 0 Å². The van der Waals surface area contributed by atoms with Crippen LogP contribution in [0.25, 0.3) is 0 Å². The highest BCUT2D eigenvalue weighted by molar-refractivity contribution is 6.28. The van der Waals surface area contributed by atoms with Crippen LogP contribution in [0.5, 0.6) is 0 Å². The van der Waals surface area contributed by atoms with Gasteiger partial charge in [-0.2, -0.15) is 0 Å². The standard InChI is InChI=1S/C24H29ClO5/c1-11(26)23(29-12(2)27)8-6-14-19-15(5-7-21(14,23)3)22(4)16-9-13(16)17(28)10-18(22)24(25)20(19)30-24/h10,13-16,19-20H,5-9H2,1-4H3/t13-,14+,15+,16+,19+,20?,21+,22+,23+,24?/m1/s1. The molecule has 1 aliphatic heterocycles. The Bertz CT molecular complexity index is 942. The number of Topliss-reactive ketones (excluding diaryl/α,β-unsaturated/α-hetero) is 1. The van der Waals surface area contributed by atoms with Crippen molar-refractivity contribution in [1.29, 1.82) is 0 Å². The second-order valence-corrected chi connectivity index (χ2v) is 11.7. The second-order valence-electron chi connectivity index (χ2n) is 11.1. The summed E-state index contributed by atoms with van der Waals surface area (Å²) in [5, 5.41) is -0.875. The number of carbonyl (C=O) groups is 3. The minimum atomic E-state index is -1.06. The van der Waals surface area contributed by atoms with Crippen LogP contribution in [0.15, 0.2) is 11.6 Å². The lowest BCUT2D eigenvalue weighted by Gasteiger charge is -2.58. The first-order valence-electron chi connectivity index (χ1n) is 11.3. The predicted molar refractivity (Wildman–Crippen MR) is 108 cm³/mol. The van der Waals surface area contributed by atoms with E-state index in [2.05, 4.69) is 13.8 Å². The summed E-state index contributed by atoms with van der Waals surface area (Å²) >= 11 is 7.04. The Morgan fingerprint density at radius 2 is 1.83 bits per heavy atom. The molecule has 4 saturated carbocycles. The van der Waals surface area contributed by atoms with Crippen LogP contribution in [0.2, 0.25) is 0 Å². The SMILES string of the molecule is CC(=O)O[C@]1(C(C)=O)CC[C@H]2[C@@H]3C4OC4(Cl)C4=CC(=O)[C@@H]5C[C@@H]5[C@]4(C)[C@H]3CC[C@@]21C. The molecular weight excluding hydrogens is 404 g/mol. The quantitative estimate of drug-likeness (QED) is 0.377. The van der Waals surface area contributed by atoms with Crippen LogP contribution in [-0.4, -0.2) is 34.3 Å². The summed E-state index contributed by atoms with van der Waals surface area (Å²) in [4.78, 5) is 37.4. The highest BCUT2D eigenvalue weighted by atomic mass is 35.5. The molecule has 0 bridgehead atoms. The molecule has 6 heteroatoms. The zero-order chi connectivity index (χ0) is 21.4. The van der Waals surface area contributed by atoms with Crippen molar-refractivity contribution in [1.82, 2.24) is 0 Å². The molecule has 0 amide bonds. The van der Waals surface area contributed by atoms with Gasteiger partial charge in [0.05, 0.1) is 0 Å². The molecule has 5 nitrogen and oxygen atoms in total. The van der Waals surface area contributed by atoms with E-state index in [4.69, 9.17) is 21.1 Å². The molecule has 5 fully saturated rings. The van der Waals surface area contributed by atoms with E-state index < -0.39 is 22.0 Å². The van der Waals surface area contributed by atoms with Crippen molar-refractivity contribution >= 4 is 29.1 Å². The van der Waals surface area contributed by atoms with Gasteiger partial charge in [-0.3, -0.25) is 14.4 Å². The predicted octanol–water partition coefficient (Wildman–Crippen LogP) is 3.82. The molecule has 0 aromatic heterocycles. The summed E-state index contributed by atoms with van der Waals surface area (Å²) in [6.45, 7) is 7.40. The molecule has 1 heterocycles. The van der Waals surface area contributed by atoms with Gasteiger partial charge in [0.1, 0.15) is 6.10 Å². The van der Waals surface area contributed by atoms with Crippen LogP contribution in [0.1, 0.15) is 59.8 Å². The van der Waals surface area contributed by atoms with E-state index in [1.165, 1.54) is 6.92 Å². The summed E-state index contributed by atoms with van der Waals surface area (Å²) in [5.41, 5.74) is -0.589. The summed E-state index contributed by atoms with van der Waals surface area (Å²) in [7, 11) is 0. The third kappa shape index (κ3) is 1.94. The Labute approximate surface area is 181 Å². The first kappa shape index (κ1) is 19.5. The number of hydrogen-bond donors (Lipinski definition) is 0. The molecule has 6 aliphatic rings. The molecule has 2 unspecified atom stereocenters. The fourth-order valence-corrected chi connectivity index (χ4v) is 9.29. The van der Waals surface area contributed by atoms with Gasteiger partial charge < -0.3 is 9.47 Å². The van der Waals surface area contributed by atoms with E-state index in [1.807, 2.05) is 0 Å². The average Bonchev–Trinajstić information content (AvgIpc) is 3.55. The van der Waals surface area contributed by atoms with E-state index in [0.29, 0.717) is 18.3 Å². The molecule has 0 N–H and O–H groups in total. The maximum absolute atomic E-state index is 12.9. The molecule has 5 aliphatic carbocycles. The Kier molecular flexibility index (Phi) is 3.51. The molecule has 0 aromatic rings. The van der Waals surface area contributed by atoms with Crippen LogP contribution in [-0.2, 0) is 23.9 Å². The second kappa shape index (κ2) is 5.40. The smallest absolute Gasteiger partial charge is 0.303 e. The van der Waals surface area contributed by atoms with Crippen molar-refractivity contribution in [2.24, 2.45) is 40.4 Å². The number of rotatable bonds is 2. The number of fused-ring (bicyclic) bond motifs is 10. The average molecular weight is 433 g/mol. The molecule has 0 aromatic carbocycles. The maximum atomic E-state index is 12.9. The molecule has 10 atom stereocenters. The number of halogens is 1. The fraction of sp³-hybridized carbons (Fsp3) is 0.792. The number of ketones is 2. The van der Waals surface area contributed by atoms with Gasteiger partial charge in [-0.15, -0.1) is 0 Å². The fourth-order valence-electron chi connectivity index (χ4n) is 8.79. The molecule has 0 spiro atoms. The summed E-state index contributed by atoms with van der Waals surface area (Å²) in [6, 6.07) is 0. The van der Waals surface area contributed by atoms with Crippen molar-refractivity contribution in [3.8, 4) is 0 Å². The number of carbonyl (C=O) groups excluding carboxylic acids is 3. The molecule has 162 valence electrons. The van der Waals surface area contributed by atoms with Crippen molar-refractivity contribution < 1.29 is 23.9 Å². The molecular formula is C24H29ClO5. The first-order chi connectivity index (χ1) is 14.0. The lowest BCUT2D eigenvalue weighted by molar-refractivity contribution is -0.187.